The summed E-state index contributed by atoms with van der Waals surface area (Å²) >= 11 is 0. The monoisotopic (exact) mass is 400 g/mol. The molecule has 5 nitrogen and oxygen atoms in total. The van der Waals surface area contributed by atoms with E-state index < -0.39 is 9.84 Å². The Labute approximate surface area is 167 Å². The van der Waals surface area contributed by atoms with Crippen molar-refractivity contribution in [3.63, 3.8) is 0 Å². The Hall–Kier alpha value is -2.18. The number of hydrogen-bond acceptors (Lipinski definition) is 4. The summed E-state index contributed by atoms with van der Waals surface area (Å²) in [6.45, 7) is 3.29. The van der Waals surface area contributed by atoms with E-state index in [0.717, 1.165) is 24.2 Å². The van der Waals surface area contributed by atoms with Gasteiger partial charge in [0, 0.05) is 51.3 Å². The van der Waals surface area contributed by atoms with Crippen molar-refractivity contribution in [1.82, 2.24) is 9.80 Å². The van der Waals surface area contributed by atoms with Gasteiger partial charge in [0.1, 0.15) is 9.84 Å². The molecule has 1 amide bonds. The number of piperazine rings is 1. The molecule has 3 rings (SSSR count). The van der Waals surface area contributed by atoms with Gasteiger partial charge in [0.05, 0.1) is 5.75 Å². The summed E-state index contributed by atoms with van der Waals surface area (Å²) in [5, 5.41) is 0. The van der Waals surface area contributed by atoms with Crippen LogP contribution < -0.4 is 0 Å². The second-order valence-corrected chi connectivity index (χ2v) is 9.69. The Balaban J connectivity index is 1.62. The van der Waals surface area contributed by atoms with E-state index in [1.54, 1.807) is 0 Å². The van der Waals surface area contributed by atoms with E-state index in [9.17, 15) is 13.2 Å². The van der Waals surface area contributed by atoms with Gasteiger partial charge in [-0.25, -0.2) is 8.42 Å². The maximum absolute atomic E-state index is 13.0. The van der Waals surface area contributed by atoms with Crippen LogP contribution in [0.3, 0.4) is 0 Å². The maximum atomic E-state index is 13.0. The molecule has 1 saturated heterocycles. The molecule has 0 atom stereocenters. The van der Waals surface area contributed by atoms with Gasteiger partial charge in [0.15, 0.2) is 0 Å². The van der Waals surface area contributed by atoms with Crippen LogP contribution in [-0.2, 0) is 14.6 Å². The molecule has 0 spiro atoms. The number of carbonyl (C=O) groups is 1. The summed E-state index contributed by atoms with van der Waals surface area (Å²) < 4.78 is 22.7. The summed E-state index contributed by atoms with van der Waals surface area (Å²) in [6.07, 6.45) is 1.71. The summed E-state index contributed by atoms with van der Waals surface area (Å²) in [6, 6.07) is 20.3. The number of benzene rings is 2. The van der Waals surface area contributed by atoms with Gasteiger partial charge in [-0.1, -0.05) is 60.7 Å². The highest BCUT2D eigenvalue weighted by Crippen LogP contribution is 2.28. The Kier molecular flexibility index (Phi) is 6.86. The second-order valence-electron chi connectivity index (χ2n) is 7.43. The van der Waals surface area contributed by atoms with Crippen molar-refractivity contribution < 1.29 is 13.2 Å². The third-order valence-corrected chi connectivity index (χ3v) is 6.21. The molecule has 2 aromatic carbocycles. The molecule has 0 radical (unpaired) electrons. The standard InChI is InChI=1S/C22H28N2O3S/c1-28(26,27)17-16-23-12-14-24(15-13-23)22(25)18-21(19-8-4-2-5-9-19)20-10-6-3-7-11-20/h2-11,21H,12-18H2,1H3. The van der Waals surface area contributed by atoms with Crippen LogP contribution in [0.1, 0.15) is 23.5 Å². The average Bonchev–Trinajstić information content (AvgIpc) is 2.71. The van der Waals surface area contributed by atoms with Gasteiger partial charge in [-0.3, -0.25) is 9.69 Å². The summed E-state index contributed by atoms with van der Waals surface area (Å²) in [7, 11) is -2.95. The van der Waals surface area contributed by atoms with Gasteiger partial charge in [-0.2, -0.15) is 0 Å². The van der Waals surface area contributed by atoms with Crippen molar-refractivity contribution in [2.45, 2.75) is 12.3 Å². The minimum absolute atomic E-state index is 0.0400. The van der Waals surface area contributed by atoms with E-state index >= 15 is 0 Å². The van der Waals surface area contributed by atoms with Crippen LogP contribution in [0.15, 0.2) is 60.7 Å². The van der Waals surface area contributed by atoms with Crippen molar-refractivity contribution in [2.75, 3.05) is 44.7 Å². The SMILES string of the molecule is CS(=O)(=O)CCN1CCN(C(=O)CC(c2ccccc2)c2ccccc2)CC1. The van der Waals surface area contributed by atoms with Crippen LogP contribution >= 0.6 is 0 Å². The van der Waals surface area contributed by atoms with Crippen LogP contribution in [0.4, 0.5) is 0 Å². The third-order valence-electron chi connectivity index (χ3n) is 5.29. The molecule has 0 aliphatic carbocycles. The molecular formula is C22H28N2O3S. The van der Waals surface area contributed by atoms with Crippen LogP contribution in [0.2, 0.25) is 0 Å². The minimum Gasteiger partial charge on any atom is -0.340 e. The van der Waals surface area contributed by atoms with Gasteiger partial charge >= 0.3 is 0 Å². The van der Waals surface area contributed by atoms with Crippen molar-refractivity contribution in [2.24, 2.45) is 0 Å². The molecule has 0 saturated carbocycles. The van der Waals surface area contributed by atoms with Crippen molar-refractivity contribution in [3.05, 3.63) is 71.8 Å². The quantitative estimate of drug-likeness (QED) is 0.716. The molecule has 1 aliphatic rings. The van der Waals surface area contributed by atoms with E-state index in [1.165, 1.54) is 6.26 Å². The van der Waals surface area contributed by atoms with Crippen LogP contribution in [0.5, 0.6) is 0 Å². The lowest BCUT2D eigenvalue weighted by atomic mass is 9.88. The van der Waals surface area contributed by atoms with Crippen molar-refractivity contribution in [1.29, 1.82) is 0 Å². The highest BCUT2D eigenvalue weighted by molar-refractivity contribution is 7.90. The first-order valence-corrected chi connectivity index (χ1v) is 11.8. The molecule has 0 aromatic heterocycles. The van der Waals surface area contributed by atoms with Gasteiger partial charge in [-0.05, 0) is 11.1 Å². The lowest BCUT2D eigenvalue weighted by Gasteiger charge is -2.35. The normalized spacial score (nSPS) is 15.7. The molecule has 2 aromatic rings. The first-order chi connectivity index (χ1) is 13.4. The zero-order valence-electron chi connectivity index (χ0n) is 16.3. The number of hydrogen-bond donors (Lipinski definition) is 0. The number of amides is 1. The molecule has 150 valence electrons. The van der Waals surface area contributed by atoms with Crippen molar-refractivity contribution in [3.8, 4) is 0 Å². The number of carbonyl (C=O) groups excluding carboxylic acids is 1. The predicted octanol–water partition coefficient (Wildman–Crippen LogP) is 2.40. The highest BCUT2D eigenvalue weighted by Gasteiger charge is 2.25. The fraction of sp³-hybridized carbons (Fsp3) is 0.409. The van der Waals surface area contributed by atoms with Gasteiger partial charge < -0.3 is 4.90 Å². The van der Waals surface area contributed by atoms with E-state index in [1.807, 2.05) is 41.3 Å². The van der Waals surface area contributed by atoms with Crippen molar-refractivity contribution >= 4 is 15.7 Å². The van der Waals surface area contributed by atoms with E-state index in [-0.39, 0.29) is 17.6 Å². The Morgan fingerprint density at radius 3 is 1.86 bits per heavy atom. The lowest BCUT2D eigenvalue weighted by Crippen LogP contribution is -2.49. The Bertz CT molecular complexity index is 822. The lowest BCUT2D eigenvalue weighted by molar-refractivity contribution is -0.133. The fourth-order valence-corrected chi connectivity index (χ4v) is 4.21. The molecule has 0 bridgehead atoms. The predicted molar refractivity (Wildman–Crippen MR) is 112 cm³/mol. The Morgan fingerprint density at radius 2 is 1.39 bits per heavy atom. The zero-order chi connectivity index (χ0) is 20.0. The topological polar surface area (TPSA) is 57.7 Å². The van der Waals surface area contributed by atoms with Gasteiger partial charge in [0.2, 0.25) is 5.91 Å². The van der Waals surface area contributed by atoms with E-state index in [0.29, 0.717) is 26.1 Å². The highest BCUT2D eigenvalue weighted by atomic mass is 32.2. The van der Waals surface area contributed by atoms with E-state index in [4.69, 9.17) is 0 Å². The summed E-state index contributed by atoms with van der Waals surface area (Å²) in [5.74, 6) is 0.365. The Morgan fingerprint density at radius 1 is 0.893 bits per heavy atom. The largest absolute Gasteiger partial charge is 0.340 e. The fourth-order valence-electron chi connectivity index (χ4n) is 3.62. The number of nitrogens with zero attached hydrogens (tertiary/aromatic N) is 2. The van der Waals surface area contributed by atoms with Crippen LogP contribution in [0, 0.1) is 0 Å². The minimum atomic E-state index is -2.95. The zero-order valence-corrected chi connectivity index (χ0v) is 17.1. The first kappa shape index (κ1) is 20.6. The average molecular weight is 401 g/mol. The number of rotatable bonds is 7. The maximum Gasteiger partial charge on any atom is 0.223 e. The van der Waals surface area contributed by atoms with Crippen LogP contribution in [-0.4, -0.2) is 68.9 Å². The van der Waals surface area contributed by atoms with E-state index in [2.05, 4.69) is 29.2 Å². The molecule has 0 unspecified atom stereocenters. The summed E-state index contributed by atoms with van der Waals surface area (Å²) in [5.41, 5.74) is 2.29. The third kappa shape index (κ3) is 5.91. The molecule has 1 aliphatic heterocycles. The number of sulfone groups is 1. The smallest absolute Gasteiger partial charge is 0.223 e. The molecule has 1 fully saturated rings. The molecule has 0 N–H and O–H groups in total. The molecule has 28 heavy (non-hydrogen) atoms. The van der Waals surface area contributed by atoms with Crippen LogP contribution in [0.25, 0.3) is 0 Å². The molecule has 1 heterocycles. The first-order valence-electron chi connectivity index (χ1n) is 9.70. The molecule has 6 heteroatoms. The van der Waals surface area contributed by atoms with Gasteiger partial charge in [-0.15, -0.1) is 0 Å². The summed E-state index contributed by atoms with van der Waals surface area (Å²) in [4.78, 5) is 17.0. The molecular weight excluding hydrogens is 372 g/mol. The van der Waals surface area contributed by atoms with Gasteiger partial charge in [0.25, 0.3) is 0 Å². The second kappa shape index (κ2) is 9.34.